The number of anilines is 2. The number of hydrogen-bond acceptors (Lipinski definition) is 3. The van der Waals surface area contributed by atoms with Crippen LogP contribution in [0, 0.1) is 6.92 Å². The van der Waals surface area contributed by atoms with Crippen LogP contribution >= 0.6 is 0 Å². The quantitative estimate of drug-likeness (QED) is 0.641. The number of carbonyl (C=O) groups is 1. The molecule has 4 nitrogen and oxygen atoms in total. The van der Waals surface area contributed by atoms with Gasteiger partial charge in [-0.05, 0) is 24.6 Å². The molecule has 0 aliphatic heterocycles. The number of hydrogen-bond donors (Lipinski definition) is 2. The Bertz CT molecular complexity index is 447. The molecular formula is C12H15F3N2O2. The Morgan fingerprint density at radius 2 is 2.11 bits per heavy atom. The van der Waals surface area contributed by atoms with E-state index in [1.54, 1.807) is 18.2 Å². The Morgan fingerprint density at radius 1 is 1.42 bits per heavy atom. The summed E-state index contributed by atoms with van der Waals surface area (Å²) < 4.78 is 40.1. The molecule has 0 aliphatic carbocycles. The van der Waals surface area contributed by atoms with Gasteiger partial charge in [-0.25, -0.2) is 0 Å². The first-order chi connectivity index (χ1) is 8.78. The second-order valence-corrected chi connectivity index (χ2v) is 4.04. The van der Waals surface area contributed by atoms with Crippen LogP contribution in [0.25, 0.3) is 0 Å². The van der Waals surface area contributed by atoms with Crippen molar-refractivity contribution in [3.05, 3.63) is 23.8 Å². The van der Waals surface area contributed by atoms with E-state index in [4.69, 9.17) is 5.73 Å². The zero-order valence-electron chi connectivity index (χ0n) is 10.4. The van der Waals surface area contributed by atoms with Crippen molar-refractivity contribution in [2.75, 3.05) is 24.3 Å². The fraction of sp³-hybridized carbons (Fsp3) is 0.417. The molecule has 0 aromatic heterocycles. The molecule has 19 heavy (non-hydrogen) atoms. The molecule has 0 unspecified atom stereocenters. The zero-order valence-corrected chi connectivity index (χ0v) is 10.4. The molecule has 0 spiro atoms. The molecule has 0 heterocycles. The molecule has 0 fully saturated rings. The van der Waals surface area contributed by atoms with E-state index in [9.17, 15) is 18.0 Å². The summed E-state index contributed by atoms with van der Waals surface area (Å²) in [7, 11) is 0. The van der Waals surface area contributed by atoms with Gasteiger partial charge in [-0.3, -0.25) is 4.79 Å². The van der Waals surface area contributed by atoms with Gasteiger partial charge in [0.25, 0.3) is 0 Å². The number of ether oxygens (including phenoxy) is 1. The average Bonchev–Trinajstić information content (AvgIpc) is 2.28. The molecule has 3 N–H and O–H groups in total. The van der Waals surface area contributed by atoms with Crippen molar-refractivity contribution < 1.29 is 22.7 Å². The number of nitrogen functional groups attached to an aromatic ring is 1. The van der Waals surface area contributed by atoms with Crippen molar-refractivity contribution in [3.63, 3.8) is 0 Å². The van der Waals surface area contributed by atoms with Gasteiger partial charge in [0.1, 0.15) is 6.61 Å². The summed E-state index contributed by atoms with van der Waals surface area (Å²) in [4.78, 5) is 11.4. The van der Waals surface area contributed by atoms with Crippen LogP contribution in [0.2, 0.25) is 0 Å². The number of carbonyl (C=O) groups excluding carboxylic acids is 1. The normalized spacial score (nSPS) is 11.4. The summed E-state index contributed by atoms with van der Waals surface area (Å²) in [5.74, 6) is -0.523. The van der Waals surface area contributed by atoms with Crippen LogP contribution in [0.15, 0.2) is 18.2 Å². The maximum atomic E-state index is 11.8. The minimum atomic E-state index is -4.28. The Hall–Kier alpha value is -1.76. The molecule has 0 radical (unpaired) electrons. The maximum Gasteiger partial charge on any atom is 0.391 e. The minimum Gasteiger partial charge on any atom is -0.398 e. The number of aryl methyl sites for hydroxylation is 1. The Morgan fingerprint density at radius 3 is 2.68 bits per heavy atom. The van der Waals surface area contributed by atoms with E-state index in [-0.39, 0.29) is 0 Å². The van der Waals surface area contributed by atoms with Crippen LogP contribution in [0.4, 0.5) is 24.5 Å². The number of alkyl halides is 3. The van der Waals surface area contributed by atoms with Gasteiger partial charge in [0.2, 0.25) is 5.91 Å². The second kappa shape index (κ2) is 6.42. The average molecular weight is 276 g/mol. The standard InChI is InChI=1S/C12H15F3N2O2/c1-8-2-3-9(6-10(8)16)17-11(18)7-19-5-4-12(13,14)15/h2-3,6H,4-5,7,16H2,1H3,(H,17,18). The van der Waals surface area contributed by atoms with Gasteiger partial charge >= 0.3 is 6.18 Å². The fourth-order valence-electron chi connectivity index (χ4n) is 1.27. The summed E-state index contributed by atoms with van der Waals surface area (Å²) in [6.07, 6.45) is -5.35. The highest BCUT2D eigenvalue weighted by Crippen LogP contribution is 2.19. The van der Waals surface area contributed by atoms with Crippen molar-refractivity contribution in [2.45, 2.75) is 19.5 Å². The summed E-state index contributed by atoms with van der Waals surface area (Å²) >= 11 is 0. The molecule has 0 aliphatic rings. The largest absolute Gasteiger partial charge is 0.398 e. The van der Waals surface area contributed by atoms with Crippen molar-refractivity contribution in [1.29, 1.82) is 0 Å². The molecule has 7 heteroatoms. The lowest BCUT2D eigenvalue weighted by molar-refractivity contribution is -0.147. The Kier molecular flexibility index (Phi) is 5.17. The van der Waals surface area contributed by atoms with Crippen LogP contribution in [0.3, 0.4) is 0 Å². The van der Waals surface area contributed by atoms with Gasteiger partial charge in [0, 0.05) is 11.4 Å². The highest BCUT2D eigenvalue weighted by Gasteiger charge is 2.26. The van der Waals surface area contributed by atoms with Gasteiger partial charge in [0.15, 0.2) is 0 Å². The zero-order chi connectivity index (χ0) is 14.5. The summed E-state index contributed by atoms with van der Waals surface area (Å²) in [6.45, 7) is 0.859. The van der Waals surface area contributed by atoms with E-state index in [1.807, 2.05) is 6.92 Å². The van der Waals surface area contributed by atoms with Gasteiger partial charge in [-0.1, -0.05) is 6.07 Å². The third-order valence-electron chi connectivity index (χ3n) is 2.33. The third kappa shape index (κ3) is 6.10. The molecular weight excluding hydrogens is 261 g/mol. The summed E-state index contributed by atoms with van der Waals surface area (Å²) in [5.41, 5.74) is 7.54. The van der Waals surface area contributed by atoms with E-state index in [1.165, 1.54) is 0 Å². The Balaban J connectivity index is 2.33. The SMILES string of the molecule is Cc1ccc(NC(=O)COCCC(F)(F)F)cc1N. The predicted molar refractivity (Wildman–Crippen MR) is 65.7 cm³/mol. The predicted octanol–water partition coefficient (Wildman–Crippen LogP) is 2.48. The molecule has 0 saturated carbocycles. The number of amides is 1. The summed E-state index contributed by atoms with van der Waals surface area (Å²) in [5, 5.41) is 2.48. The maximum absolute atomic E-state index is 11.8. The molecule has 1 aromatic rings. The first kappa shape index (κ1) is 15.3. The van der Waals surface area contributed by atoms with Crippen LogP contribution < -0.4 is 11.1 Å². The first-order valence-electron chi connectivity index (χ1n) is 5.58. The van der Waals surface area contributed by atoms with Crippen molar-refractivity contribution in [3.8, 4) is 0 Å². The van der Waals surface area contributed by atoms with E-state index < -0.39 is 31.7 Å². The topological polar surface area (TPSA) is 64.3 Å². The smallest absolute Gasteiger partial charge is 0.391 e. The number of benzene rings is 1. The van der Waals surface area contributed by atoms with Gasteiger partial charge in [0.05, 0.1) is 13.0 Å². The van der Waals surface area contributed by atoms with Crippen LogP contribution in [0.1, 0.15) is 12.0 Å². The van der Waals surface area contributed by atoms with Crippen LogP contribution in [-0.2, 0) is 9.53 Å². The lowest BCUT2D eigenvalue weighted by Gasteiger charge is -2.09. The number of rotatable bonds is 5. The first-order valence-corrected chi connectivity index (χ1v) is 5.58. The van der Waals surface area contributed by atoms with Gasteiger partial charge in [-0.2, -0.15) is 13.2 Å². The molecule has 0 atom stereocenters. The van der Waals surface area contributed by atoms with E-state index >= 15 is 0 Å². The van der Waals surface area contributed by atoms with E-state index in [2.05, 4.69) is 10.1 Å². The lowest BCUT2D eigenvalue weighted by Crippen LogP contribution is -2.20. The van der Waals surface area contributed by atoms with Crippen LogP contribution in [-0.4, -0.2) is 25.3 Å². The summed E-state index contributed by atoms with van der Waals surface area (Å²) in [6, 6.07) is 4.96. The monoisotopic (exact) mass is 276 g/mol. The molecule has 1 amide bonds. The second-order valence-electron chi connectivity index (χ2n) is 4.04. The van der Waals surface area contributed by atoms with Crippen molar-refractivity contribution in [2.24, 2.45) is 0 Å². The fourth-order valence-corrected chi connectivity index (χ4v) is 1.27. The van der Waals surface area contributed by atoms with E-state index in [0.717, 1.165) is 5.56 Å². The Labute approximate surface area is 108 Å². The van der Waals surface area contributed by atoms with Crippen LogP contribution in [0.5, 0.6) is 0 Å². The van der Waals surface area contributed by atoms with Crippen molar-refractivity contribution in [1.82, 2.24) is 0 Å². The highest BCUT2D eigenvalue weighted by atomic mass is 19.4. The molecule has 1 aromatic carbocycles. The molecule has 0 bridgehead atoms. The third-order valence-corrected chi connectivity index (χ3v) is 2.33. The minimum absolute atomic E-state index is 0.427. The highest BCUT2D eigenvalue weighted by molar-refractivity contribution is 5.92. The number of nitrogens with two attached hydrogens (primary N) is 1. The van der Waals surface area contributed by atoms with E-state index in [0.29, 0.717) is 11.4 Å². The number of halogens is 3. The van der Waals surface area contributed by atoms with Gasteiger partial charge in [-0.15, -0.1) is 0 Å². The molecule has 0 saturated heterocycles. The number of nitrogens with one attached hydrogen (secondary N) is 1. The van der Waals surface area contributed by atoms with Crippen molar-refractivity contribution >= 4 is 17.3 Å². The van der Waals surface area contributed by atoms with Gasteiger partial charge < -0.3 is 15.8 Å². The lowest BCUT2D eigenvalue weighted by atomic mass is 10.2. The molecule has 106 valence electrons. The molecule has 1 rings (SSSR count).